The number of fused-ring (bicyclic) bond motifs is 1. The van der Waals surface area contributed by atoms with Crippen LogP contribution in [0.5, 0.6) is 5.88 Å². The zero-order valence-electron chi connectivity index (χ0n) is 14.2. The Balaban J connectivity index is 1.82. The number of nitrogens with zero attached hydrogens (tertiary/aromatic N) is 1. The Labute approximate surface area is 146 Å². The number of ether oxygens (including phenoxy) is 1. The SMILES string of the molecule is CCc1ccc(-c2cc(C(N)=O)nc3c2CC[C@H](C2CC2)O3)c(F)c1. The highest BCUT2D eigenvalue weighted by atomic mass is 19.1. The van der Waals surface area contributed by atoms with Crippen LogP contribution in [-0.4, -0.2) is 17.0 Å². The molecule has 4 nitrogen and oxygen atoms in total. The van der Waals surface area contributed by atoms with Crippen molar-refractivity contribution >= 4 is 5.91 Å². The maximum Gasteiger partial charge on any atom is 0.267 e. The highest BCUT2D eigenvalue weighted by molar-refractivity contribution is 5.93. The molecule has 2 aliphatic rings. The number of nitrogens with two attached hydrogens (primary N) is 1. The van der Waals surface area contributed by atoms with Crippen molar-refractivity contribution in [2.45, 2.75) is 45.1 Å². The van der Waals surface area contributed by atoms with E-state index in [0.29, 0.717) is 22.9 Å². The molecular weight excluding hydrogens is 319 g/mol. The summed E-state index contributed by atoms with van der Waals surface area (Å²) in [6.07, 6.45) is 4.93. The fourth-order valence-corrected chi connectivity index (χ4v) is 3.54. The molecule has 4 rings (SSSR count). The first-order valence-electron chi connectivity index (χ1n) is 8.86. The quantitative estimate of drug-likeness (QED) is 0.924. The van der Waals surface area contributed by atoms with Crippen LogP contribution in [0.15, 0.2) is 24.3 Å². The van der Waals surface area contributed by atoms with Gasteiger partial charge in [-0.25, -0.2) is 9.37 Å². The molecule has 2 N–H and O–H groups in total. The van der Waals surface area contributed by atoms with Crippen molar-refractivity contribution in [1.29, 1.82) is 0 Å². The molecular formula is C20H21FN2O2. The zero-order valence-corrected chi connectivity index (χ0v) is 14.2. The third-order valence-corrected chi connectivity index (χ3v) is 5.16. The molecule has 2 aromatic rings. The summed E-state index contributed by atoms with van der Waals surface area (Å²) in [5.74, 6) is 0.0869. The molecule has 1 aromatic carbocycles. The van der Waals surface area contributed by atoms with Crippen LogP contribution >= 0.6 is 0 Å². The highest BCUT2D eigenvalue weighted by Gasteiger charge is 2.36. The minimum atomic E-state index is -0.633. The van der Waals surface area contributed by atoms with Crippen LogP contribution in [0.3, 0.4) is 0 Å². The lowest BCUT2D eigenvalue weighted by atomic mass is 9.92. The van der Waals surface area contributed by atoms with Gasteiger partial charge < -0.3 is 10.5 Å². The van der Waals surface area contributed by atoms with Gasteiger partial charge in [-0.1, -0.05) is 19.1 Å². The third-order valence-electron chi connectivity index (χ3n) is 5.16. The molecule has 0 spiro atoms. The number of aromatic nitrogens is 1. The van der Waals surface area contributed by atoms with Crippen LogP contribution in [0.2, 0.25) is 0 Å². The summed E-state index contributed by atoms with van der Waals surface area (Å²) in [6, 6.07) is 6.81. The van der Waals surface area contributed by atoms with Gasteiger partial charge >= 0.3 is 0 Å². The number of carbonyl (C=O) groups is 1. The third kappa shape index (κ3) is 2.99. The summed E-state index contributed by atoms with van der Waals surface area (Å²) in [6.45, 7) is 1.99. The van der Waals surface area contributed by atoms with Gasteiger partial charge in [-0.2, -0.15) is 0 Å². The second-order valence-corrected chi connectivity index (χ2v) is 6.90. The summed E-state index contributed by atoms with van der Waals surface area (Å²) < 4.78 is 20.7. The molecule has 5 heteroatoms. The van der Waals surface area contributed by atoms with Crippen LogP contribution in [-0.2, 0) is 12.8 Å². The number of primary amides is 1. The van der Waals surface area contributed by atoms with Gasteiger partial charge in [0.05, 0.1) is 0 Å². The van der Waals surface area contributed by atoms with Crippen molar-refractivity contribution in [2.75, 3.05) is 0 Å². The standard InChI is InChI=1S/C20H21FN2O2/c1-2-11-3-6-13(16(21)9-11)15-10-17(19(22)24)23-20-14(15)7-8-18(25-20)12-4-5-12/h3,6,9-10,12,18H,2,4-5,7-8H2,1H3,(H2,22,24)/t18-/m1/s1. The molecule has 1 fully saturated rings. The Morgan fingerprint density at radius 3 is 2.72 bits per heavy atom. The maximum atomic E-state index is 14.7. The molecule has 1 saturated carbocycles. The van der Waals surface area contributed by atoms with Crippen LogP contribution in [0.25, 0.3) is 11.1 Å². The number of carbonyl (C=O) groups excluding carboxylic acids is 1. The second kappa shape index (κ2) is 6.14. The second-order valence-electron chi connectivity index (χ2n) is 6.90. The van der Waals surface area contributed by atoms with E-state index in [2.05, 4.69) is 4.98 Å². The maximum absolute atomic E-state index is 14.7. The molecule has 130 valence electrons. The van der Waals surface area contributed by atoms with Gasteiger partial charge in [-0.15, -0.1) is 0 Å². The topological polar surface area (TPSA) is 65.2 Å². The van der Waals surface area contributed by atoms with Gasteiger partial charge in [0.1, 0.15) is 17.6 Å². The fraction of sp³-hybridized carbons (Fsp3) is 0.400. The lowest BCUT2D eigenvalue weighted by molar-refractivity contribution is 0.0990. The van der Waals surface area contributed by atoms with Crippen molar-refractivity contribution in [3.05, 3.63) is 46.9 Å². The molecule has 1 amide bonds. The van der Waals surface area contributed by atoms with Gasteiger partial charge in [0.25, 0.3) is 5.91 Å². The molecule has 1 aliphatic heterocycles. The Bertz CT molecular complexity index is 846. The normalized spacial score (nSPS) is 19.2. The van der Waals surface area contributed by atoms with Gasteiger partial charge in [0, 0.05) is 11.1 Å². The van der Waals surface area contributed by atoms with Crippen molar-refractivity contribution < 1.29 is 13.9 Å². The molecule has 0 radical (unpaired) electrons. The van der Waals surface area contributed by atoms with Crippen LogP contribution in [0.1, 0.15) is 47.8 Å². The lowest BCUT2D eigenvalue weighted by Gasteiger charge is -2.27. The van der Waals surface area contributed by atoms with E-state index < -0.39 is 5.91 Å². The molecule has 1 aromatic heterocycles. The molecule has 0 bridgehead atoms. The van der Waals surface area contributed by atoms with Crippen LogP contribution in [0, 0.1) is 11.7 Å². The smallest absolute Gasteiger partial charge is 0.267 e. The molecule has 2 heterocycles. The molecule has 0 unspecified atom stereocenters. The van der Waals surface area contributed by atoms with Gasteiger partial charge in [-0.05, 0) is 61.3 Å². The number of hydrogen-bond donors (Lipinski definition) is 1. The summed E-state index contributed by atoms with van der Waals surface area (Å²) in [7, 11) is 0. The van der Waals surface area contributed by atoms with Crippen LogP contribution < -0.4 is 10.5 Å². The van der Waals surface area contributed by atoms with Crippen molar-refractivity contribution in [3.8, 4) is 17.0 Å². The lowest BCUT2D eigenvalue weighted by Crippen LogP contribution is -2.27. The average Bonchev–Trinajstić information content (AvgIpc) is 3.45. The monoisotopic (exact) mass is 340 g/mol. The van der Waals surface area contributed by atoms with Crippen molar-refractivity contribution in [3.63, 3.8) is 0 Å². The van der Waals surface area contributed by atoms with Gasteiger partial charge in [0.15, 0.2) is 0 Å². The summed E-state index contributed by atoms with van der Waals surface area (Å²) >= 11 is 0. The fourth-order valence-electron chi connectivity index (χ4n) is 3.54. The molecule has 1 aliphatic carbocycles. The van der Waals surface area contributed by atoms with E-state index in [4.69, 9.17) is 10.5 Å². The van der Waals surface area contributed by atoms with Crippen molar-refractivity contribution in [1.82, 2.24) is 4.98 Å². The number of benzene rings is 1. The molecule has 0 saturated heterocycles. The molecule has 25 heavy (non-hydrogen) atoms. The van der Waals surface area contributed by atoms with E-state index in [1.165, 1.54) is 12.8 Å². The largest absolute Gasteiger partial charge is 0.474 e. The first kappa shape index (κ1) is 16.1. The predicted octanol–water partition coefficient (Wildman–Crippen LogP) is 3.65. The van der Waals surface area contributed by atoms with E-state index >= 15 is 0 Å². The number of halogens is 1. The van der Waals surface area contributed by atoms with E-state index in [-0.39, 0.29) is 17.6 Å². The highest BCUT2D eigenvalue weighted by Crippen LogP contribution is 2.42. The number of hydrogen-bond acceptors (Lipinski definition) is 3. The minimum Gasteiger partial charge on any atom is -0.474 e. The number of pyridine rings is 1. The number of rotatable bonds is 4. The van der Waals surface area contributed by atoms with Crippen molar-refractivity contribution in [2.24, 2.45) is 11.7 Å². The van der Waals surface area contributed by atoms with Gasteiger partial charge in [0.2, 0.25) is 5.88 Å². The predicted molar refractivity (Wildman–Crippen MR) is 93.0 cm³/mol. The van der Waals surface area contributed by atoms with E-state index in [0.717, 1.165) is 30.4 Å². The van der Waals surface area contributed by atoms with E-state index in [1.54, 1.807) is 18.2 Å². The first-order chi connectivity index (χ1) is 12.1. The Hall–Kier alpha value is -2.43. The first-order valence-corrected chi connectivity index (χ1v) is 8.86. The Morgan fingerprint density at radius 2 is 2.08 bits per heavy atom. The summed E-state index contributed by atoms with van der Waals surface area (Å²) in [4.78, 5) is 16.0. The number of aryl methyl sites for hydroxylation is 1. The molecule has 1 atom stereocenters. The Morgan fingerprint density at radius 1 is 1.28 bits per heavy atom. The summed E-state index contributed by atoms with van der Waals surface area (Å²) in [5, 5.41) is 0. The minimum absolute atomic E-state index is 0.115. The Kier molecular flexibility index (Phi) is 3.94. The number of amides is 1. The van der Waals surface area contributed by atoms with Gasteiger partial charge in [-0.3, -0.25) is 4.79 Å². The van der Waals surface area contributed by atoms with E-state index in [9.17, 15) is 9.18 Å². The van der Waals surface area contributed by atoms with Crippen LogP contribution in [0.4, 0.5) is 4.39 Å². The van der Waals surface area contributed by atoms with E-state index in [1.807, 2.05) is 13.0 Å². The average molecular weight is 340 g/mol. The summed E-state index contributed by atoms with van der Waals surface area (Å²) in [5.41, 5.74) is 8.47. The zero-order chi connectivity index (χ0) is 17.6.